The standard InChI is InChI=1S/C19H17FN2O2/c20-14-7-13-8-17(24-18(13)16(9-14)19(21)23)12-3-1-11(2-4-12)10-22-15-5-6-15/h1-4,7-9,15,22H,5-6,10H2,(H2,21,23). The van der Waals surface area contributed by atoms with E-state index in [2.05, 4.69) is 5.32 Å². The predicted molar refractivity (Wildman–Crippen MR) is 90.0 cm³/mol. The Bertz CT molecular complexity index is 911. The molecule has 3 N–H and O–H groups in total. The van der Waals surface area contributed by atoms with Crippen LogP contribution < -0.4 is 11.1 Å². The van der Waals surface area contributed by atoms with Gasteiger partial charge in [0, 0.05) is 23.5 Å². The first-order valence-electron chi connectivity index (χ1n) is 7.96. The number of halogens is 1. The summed E-state index contributed by atoms with van der Waals surface area (Å²) in [5.41, 5.74) is 7.75. The van der Waals surface area contributed by atoms with E-state index >= 15 is 0 Å². The van der Waals surface area contributed by atoms with Gasteiger partial charge in [0.25, 0.3) is 5.91 Å². The number of carbonyl (C=O) groups is 1. The third kappa shape index (κ3) is 2.90. The molecule has 1 saturated carbocycles. The van der Waals surface area contributed by atoms with Gasteiger partial charge < -0.3 is 15.5 Å². The second kappa shape index (κ2) is 5.76. The number of nitrogens with one attached hydrogen (secondary N) is 1. The molecule has 4 rings (SSSR count). The summed E-state index contributed by atoms with van der Waals surface area (Å²) in [5.74, 6) is -0.633. The van der Waals surface area contributed by atoms with Crippen LogP contribution in [-0.2, 0) is 6.54 Å². The van der Waals surface area contributed by atoms with Crippen LogP contribution in [0.25, 0.3) is 22.3 Å². The van der Waals surface area contributed by atoms with Gasteiger partial charge in [-0.15, -0.1) is 0 Å². The number of fused-ring (bicyclic) bond motifs is 1. The number of furan rings is 1. The van der Waals surface area contributed by atoms with Crippen LogP contribution in [0.15, 0.2) is 46.9 Å². The van der Waals surface area contributed by atoms with Gasteiger partial charge in [0.05, 0.1) is 5.56 Å². The minimum atomic E-state index is -0.707. The maximum atomic E-state index is 13.6. The molecule has 1 amide bonds. The van der Waals surface area contributed by atoms with E-state index in [1.54, 1.807) is 6.07 Å². The summed E-state index contributed by atoms with van der Waals surface area (Å²) >= 11 is 0. The zero-order valence-corrected chi connectivity index (χ0v) is 13.0. The summed E-state index contributed by atoms with van der Waals surface area (Å²) < 4.78 is 19.4. The zero-order valence-electron chi connectivity index (χ0n) is 13.0. The van der Waals surface area contributed by atoms with Crippen molar-refractivity contribution in [2.75, 3.05) is 0 Å². The lowest BCUT2D eigenvalue weighted by molar-refractivity contribution is 0.100. The molecule has 1 aromatic heterocycles. The van der Waals surface area contributed by atoms with Gasteiger partial charge in [-0.05, 0) is 36.6 Å². The average Bonchev–Trinajstić information content (AvgIpc) is 3.30. The number of benzene rings is 2. The molecule has 1 fully saturated rings. The first-order valence-corrected chi connectivity index (χ1v) is 7.96. The Kier molecular flexibility index (Phi) is 3.58. The van der Waals surface area contributed by atoms with Crippen molar-refractivity contribution in [3.63, 3.8) is 0 Å². The molecule has 0 unspecified atom stereocenters. The topological polar surface area (TPSA) is 68.3 Å². The molecule has 1 aliphatic carbocycles. The van der Waals surface area contributed by atoms with Crippen LogP contribution in [0.4, 0.5) is 4.39 Å². The first kappa shape index (κ1) is 14.9. The zero-order chi connectivity index (χ0) is 16.7. The highest BCUT2D eigenvalue weighted by Gasteiger charge is 2.20. The molecule has 4 nitrogen and oxygen atoms in total. The summed E-state index contributed by atoms with van der Waals surface area (Å²) in [5, 5.41) is 3.99. The fraction of sp³-hybridized carbons (Fsp3) is 0.211. The van der Waals surface area contributed by atoms with Crippen LogP contribution in [0, 0.1) is 5.82 Å². The summed E-state index contributed by atoms with van der Waals surface area (Å²) in [6.45, 7) is 0.849. The second-order valence-corrected chi connectivity index (χ2v) is 6.20. The van der Waals surface area contributed by atoms with Gasteiger partial charge in [0.1, 0.15) is 17.2 Å². The monoisotopic (exact) mass is 324 g/mol. The fourth-order valence-electron chi connectivity index (χ4n) is 2.78. The average molecular weight is 324 g/mol. The van der Waals surface area contributed by atoms with Crippen molar-refractivity contribution < 1.29 is 13.6 Å². The third-order valence-electron chi connectivity index (χ3n) is 4.26. The van der Waals surface area contributed by atoms with Crippen molar-refractivity contribution >= 4 is 16.9 Å². The van der Waals surface area contributed by atoms with E-state index < -0.39 is 11.7 Å². The van der Waals surface area contributed by atoms with E-state index in [-0.39, 0.29) is 5.56 Å². The van der Waals surface area contributed by atoms with Crippen LogP contribution >= 0.6 is 0 Å². The molecule has 0 atom stereocenters. The quantitative estimate of drug-likeness (QED) is 0.753. The highest BCUT2D eigenvalue weighted by atomic mass is 19.1. The van der Waals surface area contributed by atoms with E-state index in [4.69, 9.17) is 10.2 Å². The maximum absolute atomic E-state index is 13.6. The number of primary amides is 1. The third-order valence-corrected chi connectivity index (χ3v) is 4.26. The van der Waals surface area contributed by atoms with E-state index in [9.17, 15) is 9.18 Å². The molecule has 0 radical (unpaired) electrons. The maximum Gasteiger partial charge on any atom is 0.252 e. The molecule has 2 aromatic carbocycles. The highest BCUT2D eigenvalue weighted by molar-refractivity contribution is 6.04. The van der Waals surface area contributed by atoms with Gasteiger partial charge in [-0.1, -0.05) is 24.3 Å². The first-order chi connectivity index (χ1) is 11.6. The Morgan fingerprint density at radius 3 is 2.62 bits per heavy atom. The summed E-state index contributed by atoms with van der Waals surface area (Å²) in [6, 6.07) is 12.8. The van der Waals surface area contributed by atoms with E-state index in [1.165, 1.54) is 24.5 Å². The largest absolute Gasteiger partial charge is 0.455 e. The molecular weight excluding hydrogens is 307 g/mol. The molecule has 1 aliphatic rings. The number of hydrogen-bond acceptors (Lipinski definition) is 3. The van der Waals surface area contributed by atoms with Gasteiger partial charge in [0.2, 0.25) is 0 Å². The summed E-state index contributed by atoms with van der Waals surface area (Å²) in [4.78, 5) is 11.5. The van der Waals surface area contributed by atoms with Crippen molar-refractivity contribution in [1.29, 1.82) is 0 Å². The van der Waals surface area contributed by atoms with Crippen LogP contribution in [0.2, 0.25) is 0 Å². The van der Waals surface area contributed by atoms with Crippen molar-refractivity contribution in [2.45, 2.75) is 25.4 Å². The van der Waals surface area contributed by atoms with Gasteiger partial charge in [0.15, 0.2) is 0 Å². The fourth-order valence-corrected chi connectivity index (χ4v) is 2.78. The molecule has 122 valence electrons. The van der Waals surface area contributed by atoms with Gasteiger partial charge in [-0.3, -0.25) is 4.79 Å². The molecule has 0 aliphatic heterocycles. The molecule has 1 heterocycles. The van der Waals surface area contributed by atoms with Crippen LogP contribution in [-0.4, -0.2) is 11.9 Å². The minimum Gasteiger partial charge on any atom is -0.455 e. The molecule has 24 heavy (non-hydrogen) atoms. The van der Waals surface area contributed by atoms with Crippen LogP contribution in [0.1, 0.15) is 28.8 Å². The number of carbonyl (C=O) groups excluding carboxylic acids is 1. The Morgan fingerprint density at radius 1 is 1.21 bits per heavy atom. The molecule has 0 bridgehead atoms. The van der Waals surface area contributed by atoms with Crippen LogP contribution in [0.5, 0.6) is 0 Å². The van der Waals surface area contributed by atoms with Gasteiger partial charge in [-0.25, -0.2) is 4.39 Å². The predicted octanol–water partition coefficient (Wildman–Crippen LogP) is 3.59. The Hall–Kier alpha value is -2.66. The Labute approximate surface area is 138 Å². The lowest BCUT2D eigenvalue weighted by atomic mass is 10.1. The number of amides is 1. The number of nitrogens with two attached hydrogens (primary N) is 1. The lowest BCUT2D eigenvalue weighted by Gasteiger charge is -2.04. The minimum absolute atomic E-state index is 0.0569. The molecule has 0 saturated heterocycles. The molecule has 5 heteroatoms. The molecule has 0 spiro atoms. The van der Waals surface area contributed by atoms with Crippen molar-refractivity contribution in [3.8, 4) is 11.3 Å². The molecular formula is C19H17FN2O2. The van der Waals surface area contributed by atoms with Crippen molar-refractivity contribution in [3.05, 3.63) is 59.4 Å². The number of rotatable bonds is 5. The summed E-state index contributed by atoms with van der Waals surface area (Å²) in [6.07, 6.45) is 2.52. The smallest absolute Gasteiger partial charge is 0.252 e. The summed E-state index contributed by atoms with van der Waals surface area (Å²) in [7, 11) is 0. The highest BCUT2D eigenvalue weighted by Crippen LogP contribution is 2.31. The Morgan fingerprint density at radius 2 is 1.96 bits per heavy atom. The van der Waals surface area contributed by atoms with Crippen molar-refractivity contribution in [2.24, 2.45) is 5.73 Å². The van der Waals surface area contributed by atoms with E-state index in [0.717, 1.165) is 18.2 Å². The van der Waals surface area contributed by atoms with E-state index in [1.807, 2.05) is 24.3 Å². The SMILES string of the molecule is NC(=O)c1cc(F)cc2cc(-c3ccc(CNC4CC4)cc3)oc12. The van der Waals surface area contributed by atoms with Gasteiger partial charge >= 0.3 is 0 Å². The normalized spacial score (nSPS) is 14.2. The van der Waals surface area contributed by atoms with Crippen molar-refractivity contribution in [1.82, 2.24) is 5.32 Å². The molecule has 3 aromatic rings. The van der Waals surface area contributed by atoms with E-state index in [0.29, 0.717) is 22.8 Å². The number of hydrogen-bond donors (Lipinski definition) is 2. The lowest BCUT2D eigenvalue weighted by Crippen LogP contribution is -2.14. The Balaban J connectivity index is 1.65. The second-order valence-electron chi connectivity index (χ2n) is 6.20. The van der Waals surface area contributed by atoms with Crippen LogP contribution in [0.3, 0.4) is 0 Å². The van der Waals surface area contributed by atoms with Gasteiger partial charge in [-0.2, -0.15) is 0 Å².